The number of nitrogens with zero attached hydrogens (tertiary/aromatic N) is 3. The molecule has 0 aliphatic carbocycles. The summed E-state index contributed by atoms with van der Waals surface area (Å²) in [5.41, 5.74) is 4.15. The van der Waals surface area contributed by atoms with Crippen molar-refractivity contribution in [2.24, 2.45) is 0 Å². The zero-order chi connectivity index (χ0) is 19.8. The van der Waals surface area contributed by atoms with Crippen molar-refractivity contribution >= 4 is 28.1 Å². The van der Waals surface area contributed by atoms with E-state index in [9.17, 15) is 4.79 Å². The van der Waals surface area contributed by atoms with E-state index in [2.05, 4.69) is 15.3 Å². The molecular formula is C24H18N4O. The van der Waals surface area contributed by atoms with Gasteiger partial charge in [-0.2, -0.15) is 0 Å². The molecule has 0 saturated heterocycles. The van der Waals surface area contributed by atoms with Crippen molar-refractivity contribution in [1.29, 1.82) is 0 Å². The summed E-state index contributed by atoms with van der Waals surface area (Å²) in [6, 6.07) is 23.3. The van der Waals surface area contributed by atoms with Crippen LogP contribution in [0.4, 0.5) is 5.69 Å². The van der Waals surface area contributed by atoms with Gasteiger partial charge in [-0.3, -0.25) is 9.20 Å². The number of hydrogen-bond acceptors (Lipinski definition) is 3. The second-order valence-electron chi connectivity index (χ2n) is 6.93. The molecular weight excluding hydrogens is 360 g/mol. The van der Waals surface area contributed by atoms with Gasteiger partial charge < -0.3 is 5.32 Å². The Balaban J connectivity index is 1.46. The van der Waals surface area contributed by atoms with Crippen LogP contribution in [0.15, 0.2) is 85.2 Å². The van der Waals surface area contributed by atoms with Crippen molar-refractivity contribution in [3.05, 3.63) is 96.4 Å². The number of nitrogens with one attached hydrogen (secondary N) is 1. The van der Waals surface area contributed by atoms with Crippen molar-refractivity contribution in [3.8, 4) is 11.3 Å². The third-order valence-electron chi connectivity index (χ3n) is 5.05. The van der Waals surface area contributed by atoms with Gasteiger partial charge >= 0.3 is 0 Å². The molecule has 0 spiro atoms. The van der Waals surface area contributed by atoms with Crippen LogP contribution < -0.4 is 5.32 Å². The fraction of sp³-hybridized carbons (Fsp3) is 0.0417. The van der Waals surface area contributed by atoms with Crippen LogP contribution >= 0.6 is 0 Å². The van der Waals surface area contributed by atoms with Crippen LogP contribution in [-0.2, 0) is 0 Å². The van der Waals surface area contributed by atoms with Gasteiger partial charge in [0.1, 0.15) is 0 Å². The van der Waals surface area contributed by atoms with Gasteiger partial charge in [0, 0.05) is 34.9 Å². The van der Waals surface area contributed by atoms with Crippen molar-refractivity contribution in [1.82, 2.24) is 14.4 Å². The van der Waals surface area contributed by atoms with Crippen molar-refractivity contribution < 1.29 is 4.79 Å². The van der Waals surface area contributed by atoms with Crippen LogP contribution in [-0.4, -0.2) is 20.3 Å². The highest BCUT2D eigenvalue weighted by atomic mass is 16.1. The monoisotopic (exact) mass is 378 g/mol. The summed E-state index contributed by atoms with van der Waals surface area (Å²) in [4.78, 5) is 21.7. The minimum atomic E-state index is -0.138. The summed E-state index contributed by atoms with van der Waals surface area (Å²) >= 11 is 0. The van der Waals surface area contributed by atoms with Crippen LogP contribution in [0.25, 0.3) is 27.8 Å². The Morgan fingerprint density at radius 1 is 0.931 bits per heavy atom. The van der Waals surface area contributed by atoms with Crippen LogP contribution in [0.2, 0.25) is 0 Å². The third kappa shape index (κ3) is 3.12. The van der Waals surface area contributed by atoms with Gasteiger partial charge in [-0.25, -0.2) is 9.97 Å². The number of anilines is 1. The number of imidazole rings is 1. The summed E-state index contributed by atoms with van der Waals surface area (Å²) in [5, 5.41) is 5.15. The van der Waals surface area contributed by atoms with E-state index in [1.54, 1.807) is 6.20 Å². The lowest BCUT2D eigenvalue weighted by Gasteiger charge is -2.08. The lowest BCUT2D eigenvalue weighted by Crippen LogP contribution is -2.11. The predicted molar refractivity (Wildman–Crippen MR) is 115 cm³/mol. The third-order valence-corrected chi connectivity index (χ3v) is 5.05. The van der Waals surface area contributed by atoms with Crippen LogP contribution in [0.5, 0.6) is 0 Å². The Bertz CT molecular complexity index is 1370. The Kier molecular flexibility index (Phi) is 4.06. The largest absolute Gasteiger partial charge is 0.322 e. The molecule has 140 valence electrons. The van der Waals surface area contributed by atoms with Gasteiger partial charge in [0.05, 0.1) is 5.69 Å². The van der Waals surface area contributed by atoms with E-state index in [1.165, 1.54) is 0 Å². The Hall–Kier alpha value is -3.99. The Morgan fingerprint density at radius 2 is 1.79 bits per heavy atom. The zero-order valence-electron chi connectivity index (χ0n) is 15.8. The number of aromatic nitrogens is 3. The first kappa shape index (κ1) is 17.1. The number of amides is 1. The summed E-state index contributed by atoms with van der Waals surface area (Å²) < 4.78 is 1.95. The van der Waals surface area contributed by atoms with Crippen LogP contribution in [0, 0.1) is 6.92 Å². The highest BCUT2D eigenvalue weighted by Crippen LogP contribution is 2.26. The van der Waals surface area contributed by atoms with Crippen molar-refractivity contribution in [3.63, 3.8) is 0 Å². The first-order chi connectivity index (χ1) is 14.2. The summed E-state index contributed by atoms with van der Waals surface area (Å²) in [6.45, 7) is 2.01. The highest BCUT2D eigenvalue weighted by Gasteiger charge is 2.12. The van der Waals surface area contributed by atoms with Gasteiger partial charge in [-0.15, -0.1) is 0 Å². The average Bonchev–Trinajstić information content (AvgIpc) is 3.10. The predicted octanol–water partition coefficient (Wildman–Crippen LogP) is 5.11. The lowest BCUT2D eigenvalue weighted by atomic mass is 10.1. The maximum Gasteiger partial charge on any atom is 0.255 e. The molecule has 2 heterocycles. The molecule has 5 aromatic rings. The molecule has 1 N–H and O–H groups in total. The number of hydrogen-bond donors (Lipinski definition) is 1. The van der Waals surface area contributed by atoms with E-state index < -0.39 is 0 Å². The molecule has 29 heavy (non-hydrogen) atoms. The fourth-order valence-electron chi connectivity index (χ4n) is 3.55. The fourth-order valence-corrected chi connectivity index (χ4v) is 3.55. The molecule has 0 atom stereocenters. The van der Waals surface area contributed by atoms with Crippen molar-refractivity contribution in [2.45, 2.75) is 6.92 Å². The molecule has 0 saturated carbocycles. The summed E-state index contributed by atoms with van der Waals surface area (Å²) in [5.74, 6) is 0.520. The average molecular weight is 378 g/mol. The lowest BCUT2D eigenvalue weighted by molar-refractivity contribution is 0.102. The molecule has 0 fully saturated rings. The van der Waals surface area contributed by atoms with Crippen LogP contribution in [0.1, 0.15) is 16.1 Å². The normalized spacial score (nSPS) is 11.1. The topological polar surface area (TPSA) is 59.3 Å². The highest BCUT2D eigenvalue weighted by molar-refractivity contribution is 6.06. The molecule has 0 bridgehead atoms. The van der Waals surface area contributed by atoms with Gasteiger partial charge in [0.25, 0.3) is 5.91 Å². The van der Waals surface area contributed by atoms with Gasteiger partial charge in [-0.1, -0.05) is 42.5 Å². The maximum atomic E-state index is 12.8. The Morgan fingerprint density at radius 3 is 2.66 bits per heavy atom. The number of aryl methyl sites for hydroxylation is 1. The van der Waals surface area contributed by atoms with E-state index in [0.717, 1.165) is 33.4 Å². The molecule has 5 rings (SSSR count). The van der Waals surface area contributed by atoms with E-state index in [0.29, 0.717) is 11.3 Å². The summed E-state index contributed by atoms with van der Waals surface area (Å²) in [6.07, 6.45) is 3.67. The number of carbonyl (C=O) groups excluding carboxylic acids is 1. The van der Waals surface area contributed by atoms with E-state index in [-0.39, 0.29) is 5.91 Å². The molecule has 5 nitrogen and oxygen atoms in total. The number of benzene rings is 3. The molecule has 0 radical (unpaired) electrons. The molecule has 0 aliphatic heterocycles. The zero-order valence-corrected chi connectivity index (χ0v) is 15.8. The SMILES string of the molecule is Cc1c(-c2cccc(NC(=O)c3ccc4ccccc4c3)c2)nc2ncccn12. The minimum absolute atomic E-state index is 0.138. The van der Waals surface area contributed by atoms with Crippen LogP contribution in [0.3, 0.4) is 0 Å². The molecule has 0 unspecified atom stereocenters. The molecule has 0 aliphatic rings. The quantitative estimate of drug-likeness (QED) is 0.475. The van der Waals surface area contributed by atoms with E-state index in [1.807, 2.05) is 90.3 Å². The van der Waals surface area contributed by atoms with Crippen molar-refractivity contribution in [2.75, 3.05) is 5.32 Å². The smallest absolute Gasteiger partial charge is 0.255 e. The maximum absolute atomic E-state index is 12.8. The molecule has 1 amide bonds. The first-order valence-electron chi connectivity index (χ1n) is 9.39. The van der Waals surface area contributed by atoms with E-state index in [4.69, 9.17) is 0 Å². The first-order valence-corrected chi connectivity index (χ1v) is 9.39. The summed E-state index contributed by atoms with van der Waals surface area (Å²) in [7, 11) is 0. The van der Waals surface area contributed by atoms with E-state index >= 15 is 0 Å². The molecule has 3 aromatic carbocycles. The molecule has 5 heteroatoms. The number of fused-ring (bicyclic) bond motifs is 2. The second-order valence-corrected chi connectivity index (χ2v) is 6.93. The van der Waals surface area contributed by atoms with Gasteiger partial charge in [0.2, 0.25) is 5.78 Å². The number of carbonyl (C=O) groups is 1. The van der Waals surface area contributed by atoms with Gasteiger partial charge in [-0.05, 0) is 48.0 Å². The second kappa shape index (κ2) is 6.87. The Labute approximate surface area is 167 Å². The number of rotatable bonds is 3. The van der Waals surface area contributed by atoms with Gasteiger partial charge in [0.15, 0.2) is 0 Å². The standard InChI is InChI=1S/C24H18N4O/c1-16-22(27-24-25-12-5-13-28(16)24)19-8-4-9-21(15-19)26-23(29)20-11-10-17-6-2-3-7-18(17)14-20/h2-15H,1H3,(H,26,29). The minimum Gasteiger partial charge on any atom is -0.322 e. The molecule has 2 aromatic heterocycles.